The Morgan fingerprint density at radius 3 is 2.03 bits per heavy atom. The van der Waals surface area contributed by atoms with Crippen LogP contribution in [0.3, 0.4) is 0 Å². The summed E-state index contributed by atoms with van der Waals surface area (Å²) in [7, 11) is 4.15. The van der Waals surface area contributed by atoms with Crippen LogP contribution >= 0.6 is 0 Å². The first kappa shape index (κ1) is 23.3. The van der Waals surface area contributed by atoms with Gasteiger partial charge in [-0.1, -0.05) is 44.5 Å². The van der Waals surface area contributed by atoms with Crippen LogP contribution < -0.4 is 15.0 Å². The monoisotopic (exact) mass is 396 g/mol. The van der Waals surface area contributed by atoms with Gasteiger partial charge in [-0.05, 0) is 80.5 Å². The number of nitrogens with one attached hydrogen (secondary N) is 1. The second-order valence-corrected chi connectivity index (χ2v) is 8.93. The van der Waals surface area contributed by atoms with E-state index in [2.05, 4.69) is 101 Å². The standard InChI is InChI=1S/C26H40N2O/c1-20(2)7-10-24(23-11-15-26(16-12-23)29-21(3)4)17-18-27-19-22-8-13-25(14-9-22)28(5)6/h8-9,11-16,20-21,24,27H,7,10,17-19H2,1-6H3/t24-/m0/s1. The lowest BCUT2D eigenvalue weighted by molar-refractivity contribution is 0.242. The molecule has 1 N–H and O–H groups in total. The molecule has 3 heteroatoms. The summed E-state index contributed by atoms with van der Waals surface area (Å²) in [5, 5.41) is 3.64. The molecular weight excluding hydrogens is 356 g/mol. The third-order valence-electron chi connectivity index (χ3n) is 5.27. The molecule has 29 heavy (non-hydrogen) atoms. The lowest BCUT2D eigenvalue weighted by atomic mass is 9.88. The van der Waals surface area contributed by atoms with Crippen molar-refractivity contribution < 1.29 is 4.74 Å². The number of rotatable bonds is 12. The van der Waals surface area contributed by atoms with Gasteiger partial charge >= 0.3 is 0 Å². The van der Waals surface area contributed by atoms with Crippen molar-refractivity contribution >= 4 is 5.69 Å². The molecule has 3 nitrogen and oxygen atoms in total. The van der Waals surface area contributed by atoms with Crippen LogP contribution in [-0.4, -0.2) is 26.7 Å². The van der Waals surface area contributed by atoms with E-state index in [1.165, 1.54) is 29.7 Å². The molecule has 0 unspecified atom stereocenters. The van der Waals surface area contributed by atoms with Gasteiger partial charge in [0, 0.05) is 26.3 Å². The second kappa shape index (κ2) is 11.9. The normalized spacial score (nSPS) is 12.4. The predicted octanol–water partition coefficient (Wildman–Crippen LogP) is 6.24. The lowest BCUT2D eigenvalue weighted by Gasteiger charge is -2.20. The van der Waals surface area contributed by atoms with Crippen LogP contribution in [0.15, 0.2) is 48.5 Å². The number of benzene rings is 2. The topological polar surface area (TPSA) is 24.5 Å². The maximum Gasteiger partial charge on any atom is 0.119 e. The molecule has 0 spiro atoms. The van der Waals surface area contributed by atoms with Gasteiger partial charge in [0.1, 0.15) is 5.75 Å². The first-order valence-electron chi connectivity index (χ1n) is 11.1. The zero-order valence-corrected chi connectivity index (χ0v) is 19.2. The Morgan fingerprint density at radius 2 is 1.48 bits per heavy atom. The Labute approximate surface area is 178 Å². The van der Waals surface area contributed by atoms with Crippen LogP contribution in [0.1, 0.15) is 64.0 Å². The van der Waals surface area contributed by atoms with Gasteiger partial charge in [-0.3, -0.25) is 0 Å². The molecule has 0 aliphatic heterocycles. The van der Waals surface area contributed by atoms with E-state index in [4.69, 9.17) is 4.74 Å². The highest BCUT2D eigenvalue weighted by atomic mass is 16.5. The summed E-state index contributed by atoms with van der Waals surface area (Å²) in [6.07, 6.45) is 3.88. The van der Waals surface area contributed by atoms with Gasteiger partial charge in [0.15, 0.2) is 0 Å². The highest BCUT2D eigenvalue weighted by Crippen LogP contribution is 2.28. The van der Waals surface area contributed by atoms with Crippen LogP contribution in [0.2, 0.25) is 0 Å². The van der Waals surface area contributed by atoms with Crippen LogP contribution in [0, 0.1) is 5.92 Å². The van der Waals surface area contributed by atoms with E-state index in [0.29, 0.717) is 5.92 Å². The maximum absolute atomic E-state index is 5.80. The molecule has 0 fully saturated rings. The van der Waals surface area contributed by atoms with Crippen LogP contribution in [0.25, 0.3) is 0 Å². The number of hydrogen-bond donors (Lipinski definition) is 1. The van der Waals surface area contributed by atoms with Gasteiger partial charge in [-0.25, -0.2) is 0 Å². The number of ether oxygens (including phenoxy) is 1. The van der Waals surface area contributed by atoms with Crippen LogP contribution in [-0.2, 0) is 6.54 Å². The van der Waals surface area contributed by atoms with Gasteiger partial charge < -0.3 is 15.0 Å². The third-order valence-corrected chi connectivity index (χ3v) is 5.27. The highest BCUT2D eigenvalue weighted by Gasteiger charge is 2.13. The van der Waals surface area contributed by atoms with E-state index in [9.17, 15) is 0 Å². The molecule has 1 atom stereocenters. The molecule has 0 saturated carbocycles. The molecule has 2 rings (SSSR count). The minimum atomic E-state index is 0.216. The summed E-state index contributed by atoms with van der Waals surface area (Å²) >= 11 is 0. The SMILES string of the molecule is CC(C)CC[C@@H](CCNCc1ccc(N(C)C)cc1)c1ccc(OC(C)C)cc1. The van der Waals surface area contributed by atoms with E-state index in [1.807, 2.05) is 0 Å². The Balaban J connectivity index is 1.89. The molecule has 2 aromatic carbocycles. The third kappa shape index (κ3) is 8.49. The summed E-state index contributed by atoms with van der Waals surface area (Å²) in [5.41, 5.74) is 4.01. The average Bonchev–Trinajstić information content (AvgIpc) is 2.68. The zero-order valence-electron chi connectivity index (χ0n) is 19.2. The van der Waals surface area contributed by atoms with Crippen molar-refractivity contribution in [3.63, 3.8) is 0 Å². The van der Waals surface area contributed by atoms with Crippen molar-refractivity contribution in [2.45, 2.75) is 65.5 Å². The van der Waals surface area contributed by atoms with Crippen molar-refractivity contribution in [3.05, 3.63) is 59.7 Å². The van der Waals surface area contributed by atoms with E-state index in [0.717, 1.165) is 31.2 Å². The summed E-state index contributed by atoms with van der Waals surface area (Å²) in [6.45, 7) is 10.7. The molecule has 0 aliphatic carbocycles. The van der Waals surface area contributed by atoms with Crippen molar-refractivity contribution in [3.8, 4) is 5.75 Å². The number of nitrogens with zero attached hydrogens (tertiary/aromatic N) is 1. The maximum atomic E-state index is 5.80. The number of anilines is 1. The quantitative estimate of drug-likeness (QED) is 0.430. The fourth-order valence-corrected chi connectivity index (χ4v) is 3.52. The molecule has 2 aromatic rings. The Bertz CT molecular complexity index is 690. The minimum absolute atomic E-state index is 0.216. The van der Waals surface area contributed by atoms with Crippen molar-refractivity contribution in [1.82, 2.24) is 5.32 Å². The zero-order chi connectivity index (χ0) is 21.2. The lowest BCUT2D eigenvalue weighted by Crippen LogP contribution is -2.18. The Hall–Kier alpha value is -2.00. The summed E-state index contributed by atoms with van der Waals surface area (Å²) in [4.78, 5) is 2.13. The molecule has 0 aromatic heterocycles. The molecule has 0 heterocycles. The van der Waals surface area contributed by atoms with Crippen LogP contribution in [0.4, 0.5) is 5.69 Å². The second-order valence-electron chi connectivity index (χ2n) is 8.93. The van der Waals surface area contributed by atoms with Gasteiger partial charge in [-0.2, -0.15) is 0 Å². The molecular formula is C26H40N2O. The summed E-state index contributed by atoms with van der Waals surface area (Å²) in [5.74, 6) is 2.30. The molecule has 160 valence electrons. The van der Waals surface area contributed by atoms with E-state index < -0.39 is 0 Å². The molecule has 0 bridgehead atoms. The van der Waals surface area contributed by atoms with Gasteiger partial charge in [0.2, 0.25) is 0 Å². The Kier molecular flexibility index (Phi) is 9.53. The number of hydrogen-bond acceptors (Lipinski definition) is 3. The van der Waals surface area contributed by atoms with E-state index >= 15 is 0 Å². The highest BCUT2D eigenvalue weighted by molar-refractivity contribution is 5.45. The summed E-state index contributed by atoms with van der Waals surface area (Å²) < 4.78 is 5.80. The van der Waals surface area contributed by atoms with Crippen molar-refractivity contribution in [2.24, 2.45) is 5.92 Å². The van der Waals surface area contributed by atoms with Crippen LogP contribution in [0.5, 0.6) is 5.75 Å². The average molecular weight is 397 g/mol. The molecule has 0 saturated heterocycles. The van der Waals surface area contributed by atoms with Gasteiger partial charge in [-0.15, -0.1) is 0 Å². The van der Waals surface area contributed by atoms with Gasteiger partial charge in [0.05, 0.1) is 6.10 Å². The van der Waals surface area contributed by atoms with Gasteiger partial charge in [0.25, 0.3) is 0 Å². The van der Waals surface area contributed by atoms with Crippen molar-refractivity contribution in [2.75, 3.05) is 25.5 Å². The first-order valence-corrected chi connectivity index (χ1v) is 11.1. The predicted molar refractivity (Wildman–Crippen MR) is 126 cm³/mol. The molecule has 0 amide bonds. The summed E-state index contributed by atoms with van der Waals surface area (Å²) in [6, 6.07) is 17.5. The minimum Gasteiger partial charge on any atom is -0.491 e. The fraction of sp³-hybridized carbons (Fsp3) is 0.538. The van der Waals surface area contributed by atoms with Crippen molar-refractivity contribution in [1.29, 1.82) is 0 Å². The fourth-order valence-electron chi connectivity index (χ4n) is 3.52. The largest absolute Gasteiger partial charge is 0.491 e. The smallest absolute Gasteiger partial charge is 0.119 e. The molecule has 0 radical (unpaired) electrons. The van der Waals surface area contributed by atoms with E-state index in [1.54, 1.807) is 0 Å². The Morgan fingerprint density at radius 1 is 0.828 bits per heavy atom. The first-order chi connectivity index (χ1) is 13.8. The molecule has 0 aliphatic rings. The van der Waals surface area contributed by atoms with E-state index in [-0.39, 0.29) is 6.10 Å².